The van der Waals surface area contributed by atoms with Crippen LogP contribution in [-0.4, -0.2) is 17.2 Å². The maximum absolute atomic E-state index is 13.3. The van der Waals surface area contributed by atoms with E-state index in [0.29, 0.717) is 5.58 Å². The zero-order valence-corrected chi connectivity index (χ0v) is 12.1. The molecule has 0 saturated heterocycles. The van der Waals surface area contributed by atoms with Crippen molar-refractivity contribution >= 4 is 11.0 Å². The molecular weight excluding hydrogens is 269 g/mol. The number of nitrogens with one attached hydrogen (secondary N) is 1. The van der Waals surface area contributed by atoms with Gasteiger partial charge in [0.2, 0.25) is 0 Å². The first-order valence-electron chi connectivity index (χ1n) is 6.75. The SMILES string of the molecule is CNC(c1cc2cc(F)ccc2o1)c1cc(C)nnc1C. The third-order valence-corrected chi connectivity index (χ3v) is 3.52. The molecule has 0 fully saturated rings. The Bertz CT molecular complexity index is 797. The van der Waals surface area contributed by atoms with E-state index in [-0.39, 0.29) is 11.9 Å². The van der Waals surface area contributed by atoms with Gasteiger partial charge in [-0.1, -0.05) is 0 Å². The molecule has 2 heterocycles. The highest BCUT2D eigenvalue weighted by Crippen LogP contribution is 2.29. The van der Waals surface area contributed by atoms with Crippen molar-refractivity contribution in [2.45, 2.75) is 19.9 Å². The summed E-state index contributed by atoms with van der Waals surface area (Å²) in [5, 5.41) is 12.2. The van der Waals surface area contributed by atoms with Crippen molar-refractivity contribution in [3.63, 3.8) is 0 Å². The van der Waals surface area contributed by atoms with Crippen LogP contribution in [0.1, 0.15) is 28.8 Å². The first-order chi connectivity index (χ1) is 10.1. The molecule has 0 bridgehead atoms. The van der Waals surface area contributed by atoms with Crippen molar-refractivity contribution in [3.05, 3.63) is 58.9 Å². The van der Waals surface area contributed by atoms with Gasteiger partial charge in [-0.2, -0.15) is 10.2 Å². The minimum Gasteiger partial charge on any atom is -0.459 e. The van der Waals surface area contributed by atoms with Gasteiger partial charge in [-0.15, -0.1) is 0 Å². The maximum Gasteiger partial charge on any atom is 0.134 e. The van der Waals surface area contributed by atoms with Gasteiger partial charge in [0.15, 0.2) is 0 Å². The molecule has 0 radical (unpaired) electrons. The van der Waals surface area contributed by atoms with E-state index in [1.165, 1.54) is 12.1 Å². The summed E-state index contributed by atoms with van der Waals surface area (Å²) in [5.41, 5.74) is 3.36. The minimum absolute atomic E-state index is 0.144. The van der Waals surface area contributed by atoms with E-state index in [2.05, 4.69) is 15.5 Å². The molecule has 0 amide bonds. The van der Waals surface area contributed by atoms with Crippen molar-refractivity contribution in [1.82, 2.24) is 15.5 Å². The average molecular weight is 285 g/mol. The van der Waals surface area contributed by atoms with E-state index in [1.54, 1.807) is 6.07 Å². The Morgan fingerprint density at radius 3 is 2.71 bits per heavy atom. The van der Waals surface area contributed by atoms with Crippen LogP contribution in [0.15, 0.2) is 34.7 Å². The molecule has 0 aliphatic rings. The van der Waals surface area contributed by atoms with Gasteiger partial charge in [-0.3, -0.25) is 0 Å². The van der Waals surface area contributed by atoms with Crippen LogP contribution in [-0.2, 0) is 0 Å². The lowest BCUT2D eigenvalue weighted by atomic mass is 10.0. The molecule has 21 heavy (non-hydrogen) atoms. The smallest absolute Gasteiger partial charge is 0.134 e. The molecule has 0 aliphatic heterocycles. The summed E-state index contributed by atoms with van der Waals surface area (Å²) < 4.78 is 19.1. The second-order valence-corrected chi connectivity index (χ2v) is 5.08. The Kier molecular flexibility index (Phi) is 3.43. The molecular formula is C16H16FN3O. The predicted molar refractivity (Wildman–Crippen MR) is 78.6 cm³/mol. The van der Waals surface area contributed by atoms with Crippen LogP contribution in [0.3, 0.4) is 0 Å². The number of fused-ring (bicyclic) bond motifs is 1. The van der Waals surface area contributed by atoms with Crippen molar-refractivity contribution in [2.24, 2.45) is 0 Å². The quantitative estimate of drug-likeness (QED) is 0.802. The third-order valence-electron chi connectivity index (χ3n) is 3.52. The zero-order valence-electron chi connectivity index (χ0n) is 12.1. The normalized spacial score (nSPS) is 12.8. The molecule has 1 N–H and O–H groups in total. The lowest BCUT2D eigenvalue weighted by molar-refractivity contribution is 0.488. The number of nitrogens with zero attached hydrogens (tertiary/aromatic N) is 2. The third kappa shape index (κ3) is 2.52. The number of aromatic nitrogens is 2. The molecule has 0 spiro atoms. The largest absolute Gasteiger partial charge is 0.459 e. The zero-order chi connectivity index (χ0) is 15.0. The van der Waals surface area contributed by atoms with Crippen LogP contribution in [0.5, 0.6) is 0 Å². The molecule has 0 aliphatic carbocycles. The summed E-state index contributed by atoms with van der Waals surface area (Å²) in [6, 6.07) is 8.20. The van der Waals surface area contributed by atoms with Crippen molar-refractivity contribution in [3.8, 4) is 0 Å². The first-order valence-corrected chi connectivity index (χ1v) is 6.75. The Hall–Kier alpha value is -2.27. The first kappa shape index (κ1) is 13.7. The molecule has 108 valence electrons. The van der Waals surface area contributed by atoms with E-state index in [1.807, 2.05) is 33.0 Å². The molecule has 4 nitrogen and oxygen atoms in total. The number of benzene rings is 1. The van der Waals surface area contributed by atoms with E-state index >= 15 is 0 Å². The highest BCUT2D eigenvalue weighted by molar-refractivity contribution is 5.78. The van der Waals surface area contributed by atoms with Crippen LogP contribution in [0, 0.1) is 19.7 Å². The summed E-state index contributed by atoms with van der Waals surface area (Å²) in [6.07, 6.45) is 0. The number of furan rings is 1. The van der Waals surface area contributed by atoms with E-state index in [9.17, 15) is 4.39 Å². The standard InChI is InChI=1S/C16H16FN3O/c1-9-6-13(10(2)20-19-9)16(18-3)15-8-11-7-12(17)4-5-14(11)21-15/h4-8,16,18H,1-3H3. The lowest BCUT2D eigenvalue weighted by Gasteiger charge is -2.15. The van der Waals surface area contributed by atoms with E-state index < -0.39 is 0 Å². The minimum atomic E-state index is -0.270. The lowest BCUT2D eigenvalue weighted by Crippen LogP contribution is -2.19. The monoisotopic (exact) mass is 285 g/mol. The predicted octanol–water partition coefficient (Wildman–Crippen LogP) is 3.29. The molecule has 5 heteroatoms. The molecule has 1 unspecified atom stereocenters. The molecule has 1 aromatic carbocycles. The fraction of sp³-hybridized carbons (Fsp3) is 0.250. The van der Waals surface area contributed by atoms with Crippen LogP contribution in [0.25, 0.3) is 11.0 Å². The van der Waals surface area contributed by atoms with E-state index in [4.69, 9.17) is 4.42 Å². The van der Waals surface area contributed by atoms with Gasteiger partial charge < -0.3 is 9.73 Å². The van der Waals surface area contributed by atoms with E-state index in [0.717, 1.165) is 28.1 Å². The highest BCUT2D eigenvalue weighted by Gasteiger charge is 2.20. The van der Waals surface area contributed by atoms with Gasteiger partial charge in [0.05, 0.1) is 17.4 Å². The van der Waals surface area contributed by atoms with Crippen molar-refractivity contribution in [2.75, 3.05) is 7.05 Å². The van der Waals surface area contributed by atoms with Gasteiger partial charge in [0, 0.05) is 10.9 Å². The molecule has 2 aromatic heterocycles. The van der Waals surface area contributed by atoms with Crippen molar-refractivity contribution < 1.29 is 8.81 Å². The summed E-state index contributed by atoms with van der Waals surface area (Å²) in [4.78, 5) is 0. The molecule has 3 aromatic rings. The Balaban J connectivity index is 2.11. The van der Waals surface area contributed by atoms with Gasteiger partial charge in [0.25, 0.3) is 0 Å². The summed E-state index contributed by atoms with van der Waals surface area (Å²) >= 11 is 0. The summed E-state index contributed by atoms with van der Waals surface area (Å²) in [7, 11) is 1.85. The Morgan fingerprint density at radius 2 is 1.95 bits per heavy atom. The van der Waals surface area contributed by atoms with Crippen LogP contribution >= 0.6 is 0 Å². The second kappa shape index (κ2) is 5.26. The van der Waals surface area contributed by atoms with Crippen molar-refractivity contribution in [1.29, 1.82) is 0 Å². The fourth-order valence-electron chi connectivity index (χ4n) is 2.49. The number of aryl methyl sites for hydroxylation is 2. The average Bonchev–Trinajstić information content (AvgIpc) is 2.86. The topological polar surface area (TPSA) is 51.0 Å². The summed E-state index contributed by atoms with van der Waals surface area (Å²) in [5.74, 6) is 0.460. The Labute approximate surface area is 122 Å². The van der Waals surface area contributed by atoms with Crippen LogP contribution in [0.2, 0.25) is 0 Å². The number of halogens is 1. The molecule has 0 saturated carbocycles. The number of hydrogen-bond acceptors (Lipinski definition) is 4. The summed E-state index contributed by atoms with van der Waals surface area (Å²) in [6.45, 7) is 3.81. The van der Waals surface area contributed by atoms with Crippen LogP contribution in [0.4, 0.5) is 4.39 Å². The highest BCUT2D eigenvalue weighted by atomic mass is 19.1. The Morgan fingerprint density at radius 1 is 1.14 bits per heavy atom. The van der Waals surface area contributed by atoms with Crippen LogP contribution < -0.4 is 5.32 Å². The fourth-order valence-corrected chi connectivity index (χ4v) is 2.49. The van der Waals surface area contributed by atoms with Gasteiger partial charge in [0.1, 0.15) is 17.2 Å². The molecule has 3 rings (SSSR count). The number of hydrogen-bond donors (Lipinski definition) is 1. The second-order valence-electron chi connectivity index (χ2n) is 5.08. The maximum atomic E-state index is 13.3. The molecule has 1 atom stereocenters. The van der Waals surface area contributed by atoms with Gasteiger partial charge in [-0.05, 0) is 51.2 Å². The van der Waals surface area contributed by atoms with Gasteiger partial charge >= 0.3 is 0 Å². The number of rotatable bonds is 3. The van der Waals surface area contributed by atoms with Gasteiger partial charge in [-0.25, -0.2) is 4.39 Å².